The molecular formula is C12H20N4O. The Kier molecular flexibility index (Phi) is 4.14. The lowest BCUT2D eigenvalue weighted by atomic mass is 9.94. The molecular weight excluding hydrogens is 216 g/mol. The largest absolute Gasteiger partial charge is 0.384 e. The van der Waals surface area contributed by atoms with Crippen LogP contribution in [0.1, 0.15) is 19.3 Å². The minimum Gasteiger partial charge on any atom is -0.384 e. The number of hydrogen-bond acceptors (Lipinski definition) is 4. The molecule has 0 aliphatic carbocycles. The van der Waals surface area contributed by atoms with Crippen molar-refractivity contribution in [1.29, 1.82) is 0 Å². The number of piperidine rings is 1. The number of likely N-dealkylation sites (tertiary alicyclic amines) is 1. The topological polar surface area (TPSA) is 61.0 Å². The Morgan fingerprint density at radius 3 is 3.00 bits per heavy atom. The van der Waals surface area contributed by atoms with Gasteiger partial charge in [-0.2, -0.15) is 5.10 Å². The Morgan fingerprint density at radius 1 is 1.53 bits per heavy atom. The molecule has 0 unspecified atom stereocenters. The van der Waals surface area contributed by atoms with E-state index in [9.17, 15) is 4.79 Å². The smallest absolute Gasteiger partial charge is 0.266 e. The molecule has 1 aromatic heterocycles. The minimum absolute atomic E-state index is 0.158. The van der Waals surface area contributed by atoms with E-state index in [1.807, 2.05) is 0 Å². The van der Waals surface area contributed by atoms with E-state index in [1.165, 1.54) is 32.4 Å². The van der Waals surface area contributed by atoms with Crippen LogP contribution in [0.3, 0.4) is 0 Å². The fourth-order valence-corrected chi connectivity index (χ4v) is 2.24. The van der Waals surface area contributed by atoms with Crippen molar-refractivity contribution in [2.75, 3.05) is 32.0 Å². The van der Waals surface area contributed by atoms with Crippen molar-refractivity contribution < 1.29 is 0 Å². The van der Waals surface area contributed by atoms with Gasteiger partial charge in [-0.25, -0.2) is 5.10 Å². The highest BCUT2D eigenvalue weighted by Gasteiger charge is 2.15. The normalized spacial score (nSPS) is 18.2. The lowest BCUT2D eigenvalue weighted by molar-refractivity contribution is 0.215. The highest BCUT2D eigenvalue weighted by atomic mass is 16.1. The SMILES string of the molecule is CN1CCC(CCNc2cn[nH]c(=O)c2)CC1. The Morgan fingerprint density at radius 2 is 2.29 bits per heavy atom. The van der Waals surface area contributed by atoms with E-state index in [-0.39, 0.29) is 5.56 Å². The Labute approximate surface area is 101 Å². The molecule has 0 saturated carbocycles. The number of anilines is 1. The molecule has 2 heterocycles. The van der Waals surface area contributed by atoms with Crippen LogP contribution in [0.5, 0.6) is 0 Å². The summed E-state index contributed by atoms with van der Waals surface area (Å²) in [7, 11) is 2.18. The highest BCUT2D eigenvalue weighted by Crippen LogP contribution is 2.19. The fraction of sp³-hybridized carbons (Fsp3) is 0.667. The van der Waals surface area contributed by atoms with Crippen LogP contribution in [0.2, 0.25) is 0 Å². The van der Waals surface area contributed by atoms with Crippen molar-refractivity contribution >= 4 is 5.69 Å². The van der Waals surface area contributed by atoms with E-state index in [4.69, 9.17) is 0 Å². The summed E-state index contributed by atoms with van der Waals surface area (Å²) >= 11 is 0. The molecule has 0 atom stereocenters. The van der Waals surface area contributed by atoms with Crippen LogP contribution in [-0.4, -0.2) is 41.8 Å². The fourth-order valence-electron chi connectivity index (χ4n) is 2.24. The maximum atomic E-state index is 11.0. The van der Waals surface area contributed by atoms with Gasteiger partial charge in [0, 0.05) is 12.6 Å². The number of nitrogens with one attached hydrogen (secondary N) is 2. The van der Waals surface area contributed by atoms with Crippen LogP contribution in [-0.2, 0) is 0 Å². The molecule has 1 aliphatic rings. The number of nitrogens with zero attached hydrogens (tertiary/aromatic N) is 2. The molecule has 1 aromatic rings. The summed E-state index contributed by atoms with van der Waals surface area (Å²) in [6.07, 6.45) is 5.38. The first-order valence-corrected chi connectivity index (χ1v) is 6.21. The van der Waals surface area contributed by atoms with Crippen molar-refractivity contribution in [1.82, 2.24) is 15.1 Å². The number of aromatic amines is 1. The second kappa shape index (κ2) is 5.82. The summed E-state index contributed by atoms with van der Waals surface area (Å²) in [6.45, 7) is 3.33. The molecule has 0 amide bonds. The van der Waals surface area contributed by atoms with E-state index in [2.05, 4.69) is 27.5 Å². The van der Waals surface area contributed by atoms with E-state index >= 15 is 0 Å². The summed E-state index contributed by atoms with van der Waals surface area (Å²) in [4.78, 5) is 13.4. The van der Waals surface area contributed by atoms with Gasteiger partial charge in [0.2, 0.25) is 0 Å². The van der Waals surface area contributed by atoms with Crippen molar-refractivity contribution in [3.63, 3.8) is 0 Å². The second-order valence-electron chi connectivity index (χ2n) is 4.80. The molecule has 2 rings (SSSR count). The molecule has 1 aliphatic heterocycles. The summed E-state index contributed by atoms with van der Waals surface area (Å²) < 4.78 is 0. The standard InChI is InChI=1S/C12H20N4O/c1-16-6-3-10(4-7-16)2-5-13-11-8-12(17)15-14-9-11/h8-10H,2-7H2,1H3,(H2,13,15,17). The zero-order valence-electron chi connectivity index (χ0n) is 10.3. The van der Waals surface area contributed by atoms with Gasteiger partial charge in [0.1, 0.15) is 0 Å². The lowest BCUT2D eigenvalue weighted by Crippen LogP contribution is -2.30. The summed E-state index contributed by atoms with van der Waals surface area (Å²) in [6, 6.07) is 1.54. The van der Waals surface area contributed by atoms with Crippen molar-refractivity contribution in [2.45, 2.75) is 19.3 Å². The molecule has 0 aromatic carbocycles. The van der Waals surface area contributed by atoms with Gasteiger partial charge in [-0.05, 0) is 45.3 Å². The van der Waals surface area contributed by atoms with Crippen LogP contribution in [0.15, 0.2) is 17.1 Å². The second-order valence-corrected chi connectivity index (χ2v) is 4.80. The predicted octanol–water partition coefficient (Wildman–Crippen LogP) is 0.914. The number of aromatic nitrogens is 2. The van der Waals surface area contributed by atoms with Gasteiger partial charge >= 0.3 is 0 Å². The summed E-state index contributed by atoms with van der Waals surface area (Å²) in [5, 5.41) is 9.37. The molecule has 0 radical (unpaired) electrons. The van der Waals surface area contributed by atoms with E-state index < -0.39 is 0 Å². The first kappa shape index (κ1) is 12.1. The Bertz CT molecular complexity index is 395. The molecule has 5 heteroatoms. The summed E-state index contributed by atoms with van der Waals surface area (Å²) in [5.41, 5.74) is 0.649. The zero-order valence-corrected chi connectivity index (χ0v) is 10.3. The molecule has 17 heavy (non-hydrogen) atoms. The van der Waals surface area contributed by atoms with E-state index in [0.717, 1.165) is 18.2 Å². The first-order chi connectivity index (χ1) is 8.24. The van der Waals surface area contributed by atoms with E-state index in [0.29, 0.717) is 0 Å². The van der Waals surface area contributed by atoms with Gasteiger partial charge in [0.15, 0.2) is 0 Å². The van der Waals surface area contributed by atoms with Crippen molar-refractivity contribution in [3.05, 3.63) is 22.6 Å². The van der Waals surface area contributed by atoms with Crippen molar-refractivity contribution in [2.24, 2.45) is 5.92 Å². The van der Waals surface area contributed by atoms with Crippen LogP contribution in [0.4, 0.5) is 5.69 Å². The molecule has 1 fully saturated rings. The molecule has 0 spiro atoms. The summed E-state index contributed by atoms with van der Waals surface area (Å²) in [5.74, 6) is 0.814. The average molecular weight is 236 g/mol. The zero-order chi connectivity index (χ0) is 12.1. The van der Waals surface area contributed by atoms with Crippen LogP contribution < -0.4 is 10.9 Å². The third kappa shape index (κ3) is 3.85. The van der Waals surface area contributed by atoms with Gasteiger partial charge in [-0.1, -0.05) is 0 Å². The quantitative estimate of drug-likeness (QED) is 0.816. The molecule has 94 valence electrons. The van der Waals surface area contributed by atoms with Crippen molar-refractivity contribution in [3.8, 4) is 0 Å². The Balaban J connectivity index is 1.71. The maximum Gasteiger partial charge on any atom is 0.266 e. The highest BCUT2D eigenvalue weighted by molar-refractivity contribution is 5.38. The molecule has 2 N–H and O–H groups in total. The molecule has 0 bridgehead atoms. The monoisotopic (exact) mass is 236 g/mol. The molecule has 5 nitrogen and oxygen atoms in total. The van der Waals surface area contributed by atoms with Gasteiger partial charge < -0.3 is 10.2 Å². The third-order valence-electron chi connectivity index (χ3n) is 3.38. The van der Waals surface area contributed by atoms with Gasteiger partial charge in [0.25, 0.3) is 5.56 Å². The van der Waals surface area contributed by atoms with Gasteiger partial charge in [-0.15, -0.1) is 0 Å². The first-order valence-electron chi connectivity index (χ1n) is 6.21. The third-order valence-corrected chi connectivity index (χ3v) is 3.38. The van der Waals surface area contributed by atoms with Crippen LogP contribution in [0, 0.1) is 5.92 Å². The van der Waals surface area contributed by atoms with E-state index in [1.54, 1.807) is 12.3 Å². The van der Waals surface area contributed by atoms with Crippen LogP contribution in [0.25, 0.3) is 0 Å². The number of H-pyrrole nitrogens is 1. The predicted molar refractivity (Wildman–Crippen MR) is 68.2 cm³/mol. The maximum absolute atomic E-state index is 11.0. The molecule has 1 saturated heterocycles. The number of hydrogen-bond donors (Lipinski definition) is 2. The lowest BCUT2D eigenvalue weighted by Gasteiger charge is -2.28. The minimum atomic E-state index is -0.158. The van der Waals surface area contributed by atoms with Gasteiger partial charge in [0.05, 0.1) is 11.9 Å². The Hall–Kier alpha value is -1.36. The number of rotatable bonds is 4. The average Bonchev–Trinajstić information content (AvgIpc) is 2.32. The van der Waals surface area contributed by atoms with Gasteiger partial charge in [-0.3, -0.25) is 4.79 Å². The van der Waals surface area contributed by atoms with Crippen LogP contribution >= 0.6 is 0 Å².